The Balaban J connectivity index is 2.32. The summed E-state index contributed by atoms with van der Waals surface area (Å²) in [5, 5.41) is 0. The Labute approximate surface area is 115 Å². The second-order valence-corrected chi connectivity index (χ2v) is 5.23. The van der Waals surface area contributed by atoms with E-state index in [2.05, 4.69) is 49.1 Å². The van der Waals surface area contributed by atoms with Gasteiger partial charge in [0.25, 0.3) is 0 Å². The van der Waals surface area contributed by atoms with Crippen molar-refractivity contribution in [2.45, 2.75) is 20.3 Å². The Hall–Kier alpha value is -1.96. The lowest BCUT2D eigenvalue weighted by molar-refractivity contribution is 0.591. The molecule has 0 bridgehead atoms. The van der Waals surface area contributed by atoms with Crippen LogP contribution in [0.5, 0.6) is 0 Å². The quantitative estimate of drug-likeness (QED) is 0.798. The van der Waals surface area contributed by atoms with Crippen molar-refractivity contribution in [3.63, 3.8) is 0 Å². The zero-order valence-corrected chi connectivity index (χ0v) is 11.7. The van der Waals surface area contributed by atoms with Gasteiger partial charge in [0, 0.05) is 12.2 Å². The monoisotopic (exact) mass is 254 g/mol. The van der Waals surface area contributed by atoms with Crippen LogP contribution < -0.4 is 10.6 Å². The standard InChI is InChI=1S/C17H22N2/c1-14(2)12-13-19(15-8-4-3-5-9-15)17-11-7-6-10-16(17)18/h3-11,14H,12-13,18H2,1-2H3. The number of rotatable bonds is 5. The third-order valence-electron chi connectivity index (χ3n) is 3.23. The van der Waals surface area contributed by atoms with Crippen LogP contribution in [0.25, 0.3) is 0 Å². The molecule has 0 spiro atoms. The largest absolute Gasteiger partial charge is 0.397 e. The molecule has 0 radical (unpaired) electrons. The summed E-state index contributed by atoms with van der Waals surface area (Å²) in [5.41, 5.74) is 9.24. The molecule has 2 rings (SSSR count). The van der Waals surface area contributed by atoms with Crippen LogP contribution in [0.1, 0.15) is 20.3 Å². The molecule has 0 saturated heterocycles. The maximum absolute atomic E-state index is 6.12. The van der Waals surface area contributed by atoms with E-state index in [1.54, 1.807) is 0 Å². The highest BCUT2D eigenvalue weighted by atomic mass is 15.1. The lowest BCUT2D eigenvalue weighted by atomic mass is 10.1. The Kier molecular flexibility index (Phi) is 4.45. The molecule has 0 saturated carbocycles. The van der Waals surface area contributed by atoms with E-state index in [9.17, 15) is 0 Å². The Morgan fingerprint density at radius 2 is 1.58 bits per heavy atom. The van der Waals surface area contributed by atoms with Gasteiger partial charge in [-0.2, -0.15) is 0 Å². The highest BCUT2D eigenvalue weighted by Crippen LogP contribution is 2.30. The van der Waals surface area contributed by atoms with Crippen LogP contribution in [-0.2, 0) is 0 Å². The molecule has 0 fully saturated rings. The minimum Gasteiger partial charge on any atom is -0.397 e. The van der Waals surface area contributed by atoms with Crippen molar-refractivity contribution in [2.75, 3.05) is 17.2 Å². The number of nitrogen functional groups attached to an aromatic ring is 1. The van der Waals surface area contributed by atoms with E-state index in [1.165, 1.54) is 5.69 Å². The van der Waals surface area contributed by atoms with Crippen molar-refractivity contribution in [3.8, 4) is 0 Å². The molecule has 2 aromatic rings. The number of nitrogens with zero attached hydrogens (tertiary/aromatic N) is 1. The Bertz CT molecular complexity index is 506. The molecular formula is C17H22N2. The van der Waals surface area contributed by atoms with Gasteiger partial charge in [-0.25, -0.2) is 0 Å². The second-order valence-electron chi connectivity index (χ2n) is 5.23. The first-order chi connectivity index (χ1) is 9.18. The van der Waals surface area contributed by atoms with E-state index in [0.717, 1.165) is 24.3 Å². The summed E-state index contributed by atoms with van der Waals surface area (Å²) in [6.45, 7) is 5.48. The molecule has 0 aliphatic heterocycles. The fraction of sp³-hybridized carbons (Fsp3) is 0.294. The highest BCUT2D eigenvalue weighted by molar-refractivity contribution is 5.74. The van der Waals surface area contributed by atoms with Crippen LogP contribution in [-0.4, -0.2) is 6.54 Å². The van der Waals surface area contributed by atoms with Crippen LogP contribution in [0, 0.1) is 5.92 Å². The summed E-state index contributed by atoms with van der Waals surface area (Å²) >= 11 is 0. The summed E-state index contributed by atoms with van der Waals surface area (Å²) < 4.78 is 0. The molecule has 0 unspecified atom stereocenters. The van der Waals surface area contributed by atoms with E-state index in [4.69, 9.17) is 5.73 Å². The third kappa shape index (κ3) is 3.50. The molecule has 100 valence electrons. The number of nitrogens with two attached hydrogens (primary N) is 1. The first-order valence-corrected chi connectivity index (χ1v) is 6.85. The minimum atomic E-state index is 0.677. The average molecular weight is 254 g/mol. The van der Waals surface area contributed by atoms with Crippen LogP contribution in [0.15, 0.2) is 54.6 Å². The fourth-order valence-corrected chi connectivity index (χ4v) is 2.12. The predicted molar refractivity (Wildman–Crippen MR) is 83.8 cm³/mol. The van der Waals surface area contributed by atoms with Gasteiger partial charge in [-0.3, -0.25) is 0 Å². The molecule has 2 nitrogen and oxygen atoms in total. The lowest BCUT2D eigenvalue weighted by Crippen LogP contribution is -2.20. The van der Waals surface area contributed by atoms with Gasteiger partial charge >= 0.3 is 0 Å². The first-order valence-electron chi connectivity index (χ1n) is 6.85. The highest BCUT2D eigenvalue weighted by Gasteiger charge is 2.11. The summed E-state index contributed by atoms with van der Waals surface area (Å²) in [4.78, 5) is 2.30. The van der Waals surface area contributed by atoms with E-state index < -0.39 is 0 Å². The lowest BCUT2D eigenvalue weighted by Gasteiger charge is -2.27. The number of hydrogen-bond acceptors (Lipinski definition) is 2. The maximum Gasteiger partial charge on any atom is 0.0644 e. The molecule has 0 aliphatic carbocycles. The van der Waals surface area contributed by atoms with E-state index in [1.807, 2.05) is 24.3 Å². The molecule has 0 heterocycles. The zero-order valence-electron chi connectivity index (χ0n) is 11.7. The molecule has 0 amide bonds. The van der Waals surface area contributed by atoms with Crippen LogP contribution in [0.4, 0.5) is 17.1 Å². The van der Waals surface area contributed by atoms with E-state index in [-0.39, 0.29) is 0 Å². The molecular weight excluding hydrogens is 232 g/mol. The molecule has 19 heavy (non-hydrogen) atoms. The molecule has 2 aromatic carbocycles. The molecule has 0 atom stereocenters. The van der Waals surface area contributed by atoms with Gasteiger partial charge in [0.2, 0.25) is 0 Å². The van der Waals surface area contributed by atoms with Crippen LogP contribution >= 0.6 is 0 Å². The van der Waals surface area contributed by atoms with Crippen molar-refractivity contribution in [1.29, 1.82) is 0 Å². The van der Waals surface area contributed by atoms with Gasteiger partial charge in [-0.15, -0.1) is 0 Å². The van der Waals surface area contributed by atoms with Gasteiger partial charge in [0.15, 0.2) is 0 Å². The number of hydrogen-bond donors (Lipinski definition) is 1. The summed E-state index contributed by atoms with van der Waals surface area (Å²) in [5.74, 6) is 0.677. The van der Waals surface area contributed by atoms with Crippen molar-refractivity contribution in [2.24, 2.45) is 5.92 Å². The van der Waals surface area contributed by atoms with Crippen molar-refractivity contribution in [1.82, 2.24) is 0 Å². The van der Waals surface area contributed by atoms with Gasteiger partial charge in [-0.1, -0.05) is 44.2 Å². The SMILES string of the molecule is CC(C)CCN(c1ccccc1)c1ccccc1N. The molecule has 0 aliphatic rings. The third-order valence-corrected chi connectivity index (χ3v) is 3.23. The first kappa shape index (κ1) is 13.5. The fourth-order valence-electron chi connectivity index (χ4n) is 2.12. The van der Waals surface area contributed by atoms with Crippen molar-refractivity contribution >= 4 is 17.1 Å². The van der Waals surface area contributed by atoms with E-state index in [0.29, 0.717) is 5.92 Å². The van der Waals surface area contributed by atoms with Gasteiger partial charge in [0.05, 0.1) is 11.4 Å². The average Bonchev–Trinajstić information content (AvgIpc) is 2.42. The van der Waals surface area contributed by atoms with Crippen molar-refractivity contribution < 1.29 is 0 Å². The Morgan fingerprint density at radius 1 is 0.947 bits per heavy atom. The molecule has 0 aromatic heterocycles. The normalized spacial score (nSPS) is 10.7. The number of anilines is 3. The summed E-state index contributed by atoms with van der Waals surface area (Å²) in [7, 11) is 0. The predicted octanol–water partition coefficient (Wildman–Crippen LogP) is 4.45. The smallest absolute Gasteiger partial charge is 0.0644 e. The number of benzene rings is 2. The summed E-state index contributed by atoms with van der Waals surface area (Å²) in [6, 6.07) is 18.5. The summed E-state index contributed by atoms with van der Waals surface area (Å²) in [6.07, 6.45) is 1.14. The van der Waals surface area contributed by atoms with Gasteiger partial charge < -0.3 is 10.6 Å². The zero-order chi connectivity index (χ0) is 13.7. The van der Waals surface area contributed by atoms with Crippen LogP contribution in [0.2, 0.25) is 0 Å². The molecule has 2 N–H and O–H groups in total. The van der Waals surface area contributed by atoms with Crippen LogP contribution in [0.3, 0.4) is 0 Å². The van der Waals surface area contributed by atoms with E-state index >= 15 is 0 Å². The van der Waals surface area contributed by atoms with Crippen molar-refractivity contribution in [3.05, 3.63) is 54.6 Å². The maximum atomic E-state index is 6.12. The molecule has 2 heteroatoms. The minimum absolute atomic E-state index is 0.677. The topological polar surface area (TPSA) is 29.3 Å². The second kappa shape index (κ2) is 6.28. The number of para-hydroxylation sites is 3. The van der Waals surface area contributed by atoms with Gasteiger partial charge in [-0.05, 0) is 36.6 Å². The van der Waals surface area contributed by atoms with Gasteiger partial charge in [0.1, 0.15) is 0 Å². The Morgan fingerprint density at radius 3 is 2.21 bits per heavy atom.